The molecule has 0 saturated carbocycles. The minimum atomic E-state index is 0.464. The number of benzene rings is 1. The number of hydrogen-bond acceptors (Lipinski definition) is 3. The monoisotopic (exact) mass is 319 g/mol. The summed E-state index contributed by atoms with van der Waals surface area (Å²) in [6.07, 6.45) is 3.76. The van der Waals surface area contributed by atoms with Gasteiger partial charge in [-0.15, -0.1) is 0 Å². The fourth-order valence-electron chi connectivity index (χ4n) is 1.71. The van der Waals surface area contributed by atoms with Crippen LogP contribution in [0.1, 0.15) is 25.0 Å². The number of nitrogens with one attached hydrogen (secondary N) is 1. The van der Waals surface area contributed by atoms with E-state index >= 15 is 0 Å². The molecule has 0 atom stereocenters. The Morgan fingerprint density at radius 3 is 2.47 bits per heavy atom. The van der Waals surface area contributed by atoms with E-state index in [0.717, 1.165) is 28.0 Å². The molecule has 0 spiro atoms. The fraction of sp³-hybridized carbons (Fsp3) is 0.333. The summed E-state index contributed by atoms with van der Waals surface area (Å²) in [5.41, 5.74) is 3.34. The van der Waals surface area contributed by atoms with Crippen molar-refractivity contribution in [2.75, 3.05) is 0 Å². The maximum Gasteiger partial charge on any atom is 0.160 e. The molecule has 1 heterocycles. The van der Waals surface area contributed by atoms with Crippen LogP contribution in [0.3, 0.4) is 0 Å². The summed E-state index contributed by atoms with van der Waals surface area (Å²) >= 11 is 3.56. The van der Waals surface area contributed by atoms with Crippen molar-refractivity contribution in [2.45, 2.75) is 33.4 Å². The lowest BCUT2D eigenvalue weighted by Crippen LogP contribution is -2.21. The maximum atomic E-state index is 4.44. The van der Waals surface area contributed by atoms with Gasteiger partial charge in [-0.25, -0.2) is 9.97 Å². The molecule has 0 radical (unpaired) electrons. The van der Waals surface area contributed by atoms with Crippen LogP contribution in [0.15, 0.2) is 35.1 Å². The van der Waals surface area contributed by atoms with E-state index in [2.05, 4.69) is 64.1 Å². The van der Waals surface area contributed by atoms with Crippen LogP contribution < -0.4 is 5.32 Å². The molecule has 2 aromatic rings. The van der Waals surface area contributed by atoms with Gasteiger partial charge in [0.05, 0.1) is 0 Å². The van der Waals surface area contributed by atoms with Crippen LogP contribution in [-0.4, -0.2) is 16.0 Å². The Morgan fingerprint density at radius 2 is 1.89 bits per heavy atom. The molecule has 1 aromatic heterocycles. The number of nitrogens with zero attached hydrogens (tertiary/aromatic N) is 2. The standard InChI is InChI=1S/C15H18BrN3/c1-10(2)17-7-12-8-18-15(19-9-12)13-5-4-11(3)6-14(13)16/h4-6,8-10,17H,7H2,1-3H3. The summed E-state index contributed by atoms with van der Waals surface area (Å²) in [7, 11) is 0. The zero-order valence-electron chi connectivity index (χ0n) is 11.4. The van der Waals surface area contributed by atoms with Crippen molar-refractivity contribution in [1.82, 2.24) is 15.3 Å². The lowest BCUT2D eigenvalue weighted by atomic mass is 10.1. The van der Waals surface area contributed by atoms with Crippen LogP contribution in [-0.2, 0) is 6.54 Å². The number of hydrogen-bond donors (Lipinski definition) is 1. The van der Waals surface area contributed by atoms with Gasteiger partial charge >= 0.3 is 0 Å². The van der Waals surface area contributed by atoms with E-state index in [4.69, 9.17) is 0 Å². The molecular weight excluding hydrogens is 302 g/mol. The summed E-state index contributed by atoms with van der Waals surface area (Å²) in [5.74, 6) is 0.750. The number of aromatic nitrogens is 2. The van der Waals surface area contributed by atoms with E-state index in [1.807, 2.05) is 18.5 Å². The van der Waals surface area contributed by atoms with Crippen LogP contribution in [0, 0.1) is 6.92 Å². The average Bonchev–Trinajstić information content (AvgIpc) is 2.37. The molecule has 0 aliphatic heterocycles. The number of aryl methyl sites for hydroxylation is 1. The van der Waals surface area contributed by atoms with Gasteiger partial charge in [-0.3, -0.25) is 0 Å². The summed E-state index contributed by atoms with van der Waals surface area (Å²) in [6, 6.07) is 6.65. The van der Waals surface area contributed by atoms with Gasteiger partial charge in [0.25, 0.3) is 0 Å². The van der Waals surface area contributed by atoms with Gasteiger partial charge in [0.15, 0.2) is 5.82 Å². The highest BCUT2D eigenvalue weighted by Gasteiger charge is 2.06. The predicted octanol–water partition coefficient (Wildman–Crippen LogP) is 3.71. The highest BCUT2D eigenvalue weighted by molar-refractivity contribution is 9.10. The molecule has 0 aliphatic carbocycles. The van der Waals surface area contributed by atoms with E-state index < -0.39 is 0 Å². The lowest BCUT2D eigenvalue weighted by Gasteiger charge is -2.08. The van der Waals surface area contributed by atoms with E-state index in [1.165, 1.54) is 5.56 Å². The summed E-state index contributed by atoms with van der Waals surface area (Å²) < 4.78 is 1.03. The van der Waals surface area contributed by atoms with Gasteiger partial charge in [-0.05, 0) is 24.6 Å². The Bertz CT molecular complexity index is 550. The van der Waals surface area contributed by atoms with Crippen molar-refractivity contribution in [1.29, 1.82) is 0 Å². The summed E-state index contributed by atoms with van der Waals surface area (Å²) in [6.45, 7) is 7.11. The van der Waals surface area contributed by atoms with Crippen molar-refractivity contribution in [2.24, 2.45) is 0 Å². The normalized spacial score (nSPS) is 11.0. The van der Waals surface area contributed by atoms with E-state index in [9.17, 15) is 0 Å². The fourth-order valence-corrected chi connectivity index (χ4v) is 2.38. The average molecular weight is 320 g/mol. The first-order chi connectivity index (χ1) is 9.06. The minimum absolute atomic E-state index is 0.464. The molecule has 100 valence electrons. The smallest absolute Gasteiger partial charge is 0.160 e. The third-order valence-corrected chi connectivity index (χ3v) is 3.44. The Hall–Kier alpha value is -1.26. The Labute approximate surface area is 122 Å². The molecule has 0 amide bonds. The van der Waals surface area contributed by atoms with Crippen LogP contribution in [0.25, 0.3) is 11.4 Å². The number of halogens is 1. The summed E-state index contributed by atoms with van der Waals surface area (Å²) in [5, 5.41) is 3.35. The molecule has 0 fully saturated rings. The van der Waals surface area contributed by atoms with E-state index in [-0.39, 0.29) is 0 Å². The van der Waals surface area contributed by atoms with Gasteiger partial charge in [0.2, 0.25) is 0 Å². The van der Waals surface area contributed by atoms with Crippen molar-refractivity contribution in [3.05, 3.63) is 46.2 Å². The van der Waals surface area contributed by atoms with E-state index in [0.29, 0.717) is 6.04 Å². The Balaban J connectivity index is 2.18. The third-order valence-electron chi connectivity index (χ3n) is 2.79. The molecule has 2 rings (SSSR count). The van der Waals surface area contributed by atoms with Crippen LogP contribution in [0.5, 0.6) is 0 Å². The quantitative estimate of drug-likeness (QED) is 0.933. The Kier molecular flexibility index (Phi) is 4.66. The lowest BCUT2D eigenvalue weighted by molar-refractivity contribution is 0.587. The molecule has 3 nitrogen and oxygen atoms in total. The zero-order chi connectivity index (χ0) is 13.8. The van der Waals surface area contributed by atoms with Crippen molar-refractivity contribution in [3.8, 4) is 11.4 Å². The third kappa shape index (κ3) is 3.85. The molecular formula is C15H18BrN3. The first kappa shape index (κ1) is 14.2. The predicted molar refractivity (Wildman–Crippen MR) is 81.9 cm³/mol. The van der Waals surface area contributed by atoms with Crippen LogP contribution in [0.2, 0.25) is 0 Å². The molecule has 4 heteroatoms. The Morgan fingerprint density at radius 1 is 1.21 bits per heavy atom. The molecule has 0 aliphatic rings. The SMILES string of the molecule is Cc1ccc(-c2ncc(CNC(C)C)cn2)c(Br)c1. The highest BCUT2D eigenvalue weighted by Crippen LogP contribution is 2.26. The van der Waals surface area contributed by atoms with Crippen LogP contribution >= 0.6 is 15.9 Å². The molecule has 1 aromatic carbocycles. The van der Waals surface area contributed by atoms with Crippen LogP contribution in [0.4, 0.5) is 0 Å². The highest BCUT2D eigenvalue weighted by atomic mass is 79.9. The molecule has 0 unspecified atom stereocenters. The van der Waals surface area contributed by atoms with Gasteiger partial charge in [-0.2, -0.15) is 0 Å². The second-order valence-corrected chi connectivity index (χ2v) is 5.79. The molecule has 19 heavy (non-hydrogen) atoms. The topological polar surface area (TPSA) is 37.8 Å². The van der Waals surface area contributed by atoms with Crippen molar-refractivity contribution >= 4 is 15.9 Å². The molecule has 1 N–H and O–H groups in total. The second-order valence-electron chi connectivity index (χ2n) is 4.93. The largest absolute Gasteiger partial charge is 0.310 e. The van der Waals surface area contributed by atoms with Gasteiger partial charge in [-0.1, -0.05) is 35.8 Å². The van der Waals surface area contributed by atoms with Gasteiger partial charge in [0, 0.05) is 40.6 Å². The zero-order valence-corrected chi connectivity index (χ0v) is 13.0. The number of rotatable bonds is 4. The first-order valence-electron chi connectivity index (χ1n) is 6.37. The van der Waals surface area contributed by atoms with E-state index in [1.54, 1.807) is 0 Å². The van der Waals surface area contributed by atoms with Gasteiger partial charge < -0.3 is 5.32 Å². The summed E-state index contributed by atoms with van der Waals surface area (Å²) in [4.78, 5) is 8.87. The minimum Gasteiger partial charge on any atom is -0.310 e. The maximum absolute atomic E-state index is 4.44. The molecule has 0 saturated heterocycles. The first-order valence-corrected chi connectivity index (χ1v) is 7.16. The second kappa shape index (κ2) is 6.26. The molecule has 0 bridgehead atoms. The van der Waals surface area contributed by atoms with Crippen molar-refractivity contribution in [3.63, 3.8) is 0 Å². The van der Waals surface area contributed by atoms with Crippen molar-refractivity contribution < 1.29 is 0 Å². The van der Waals surface area contributed by atoms with Gasteiger partial charge in [0.1, 0.15) is 0 Å².